The highest BCUT2D eigenvalue weighted by Crippen LogP contribution is 2.30. The van der Waals surface area contributed by atoms with E-state index in [1.807, 2.05) is 23.6 Å². The molecular weight excluding hydrogens is 328 g/mol. The summed E-state index contributed by atoms with van der Waals surface area (Å²) in [7, 11) is 0. The van der Waals surface area contributed by atoms with Gasteiger partial charge < -0.3 is 5.73 Å². The predicted octanol–water partition coefficient (Wildman–Crippen LogP) is 3.92. The molecule has 0 spiro atoms. The maximum absolute atomic E-state index is 5.57. The van der Waals surface area contributed by atoms with Crippen LogP contribution in [0.4, 0.5) is 5.13 Å². The van der Waals surface area contributed by atoms with E-state index in [4.69, 9.17) is 5.73 Å². The summed E-state index contributed by atoms with van der Waals surface area (Å²) in [4.78, 5) is 4.21. The first-order chi connectivity index (χ1) is 6.66. The molecule has 0 unspecified atom stereocenters. The average Bonchev–Trinajstić information content (AvgIpc) is 2.57. The van der Waals surface area contributed by atoms with Crippen LogP contribution < -0.4 is 5.73 Å². The molecule has 0 fully saturated rings. The number of rotatable bonds is 1. The molecule has 2 aromatic rings. The zero-order chi connectivity index (χ0) is 10.1. The largest absolute Gasteiger partial charge is 0.375 e. The van der Waals surface area contributed by atoms with Crippen LogP contribution in [0, 0.1) is 0 Å². The van der Waals surface area contributed by atoms with E-state index in [1.54, 1.807) is 0 Å². The molecule has 0 radical (unpaired) electrons. The molecule has 0 aliphatic carbocycles. The second-order valence-corrected chi connectivity index (χ2v) is 5.30. The number of halogens is 2. The van der Waals surface area contributed by atoms with Gasteiger partial charge in [-0.1, -0.05) is 6.07 Å². The third-order valence-electron chi connectivity index (χ3n) is 1.74. The number of nitrogens with two attached hydrogens (primary N) is 1. The Labute approximate surface area is 102 Å². The first-order valence-corrected chi connectivity index (χ1v) is 6.30. The molecule has 5 heteroatoms. The van der Waals surface area contributed by atoms with Gasteiger partial charge in [0.1, 0.15) is 0 Å². The average molecular weight is 334 g/mol. The highest BCUT2D eigenvalue weighted by Gasteiger charge is 2.04. The fourth-order valence-electron chi connectivity index (χ4n) is 1.08. The van der Waals surface area contributed by atoms with Gasteiger partial charge in [0, 0.05) is 19.9 Å². The Balaban J connectivity index is 2.47. The first-order valence-electron chi connectivity index (χ1n) is 3.83. The zero-order valence-electron chi connectivity index (χ0n) is 7.00. The van der Waals surface area contributed by atoms with Crippen molar-refractivity contribution in [2.24, 2.45) is 0 Å². The van der Waals surface area contributed by atoms with E-state index in [0.717, 1.165) is 20.2 Å². The number of hydrogen-bond acceptors (Lipinski definition) is 3. The van der Waals surface area contributed by atoms with Crippen molar-refractivity contribution < 1.29 is 0 Å². The molecule has 1 aromatic carbocycles. The molecule has 0 bridgehead atoms. The molecular formula is C9H6Br2N2S. The maximum atomic E-state index is 5.57. The highest BCUT2D eigenvalue weighted by atomic mass is 79.9. The summed E-state index contributed by atoms with van der Waals surface area (Å²) in [5.41, 5.74) is 7.55. The number of anilines is 1. The smallest absolute Gasteiger partial charge is 0.180 e. The van der Waals surface area contributed by atoms with E-state index in [2.05, 4.69) is 36.8 Å². The van der Waals surface area contributed by atoms with Gasteiger partial charge in [0.25, 0.3) is 0 Å². The third kappa shape index (κ3) is 1.99. The quantitative estimate of drug-likeness (QED) is 0.859. The van der Waals surface area contributed by atoms with Gasteiger partial charge in [-0.15, -0.1) is 11.3 Å². The van der Waals surface area contributed by atoms with Crippen LogP contribution in [0.5, 0.6) is 0 Å². The van der Waals surface area contributed by atoms with E-state index >= 15 is 0 Å². The Morgan fingerprint density at radius 1 is 1.21 bits per heavy atom. The van der Waals surface area contributed by atoms with Gasteiger partial charge in [0.2, 0.25) is 0 Å². The van der Waals surface area contributed by atoms with Crippen LogP contribution in [0.2, 0.25) is 0 Å². The molecule has 0 saturated carbocycles. The number of nitrogens with zero attached hydrogens (tertiary/aromatic N) is 1. The van der Waals surface area contributed by atoms with Crippen LogP contribution in [0.1, 0.15) is 0 Å². The maximum Gasteiger partial charge on any atom is 0.180 e. The van der Waals surface area contributed by atoms with E-state index in [0.29, 0.717) is 5.13 Å². The Kier molecular flexibility index (Phi) is 2.90. The Morgan fingerprint density at radius 2 is 2.00 bits per heavy atom. The lowest BCUT2D eigenvalue weighted by Gasteiger charge is -1.99. The topological polar surface area (TPSA) is 38.9 Å². The lowest BCUT2D eigenvalue weighted by molar-refractivity contribution is 1.40. The number of aromatic nitrogens is 1. The standard InChI is InChI=1S/C9H6Br2N2S/c10-6-2-1-5(3-7(6)11)8-4-14-9(12)13-8/h1-4H,(H2,12,13). The van der Waals surface area contributed by atoms with Gasteiger partial charge in [-0.25, -0.2) is 4.98 Å². The van der Waals surface area contributed by atoms with Crippen molar-refractivity contribution in [2.45, 2.75) is 0 Å². The Bertz CT molecular complexity index is 468. The molecule has 0 aliphatic heterocycles. The van der Waals surface area contributed by atoms with Crippen molar-refractivity contribution in [3.05, 3.63) is 32.5 Å². The number of hydrogen-bond donors (Lipinski definition) is 1. The van der Waals surface area contributed by atoms with Crippen molar-refractivity contribution >= 4 is 48.3 Å². The zero-order valence-corrected chi connectivity index (χ0v) is 11.0. The molecule has 1 heterocycles. The first kappa shape index (κ1) is 10.1. The monoisotopic (exact) mass is 332 g/mol. The molecule has 72 valence electrons. The molecule has 0 atom stereocenters. The normalized spacial score (nSPS) is 10.4. The van der Waals surface area contributed by atoms with Crippen LogP contribution in [0.15, 0.2) is 32.5 Å². The third-order valence-corrected chi connectivity index (χ3v) is 4.29. The van der Waals surface area contributed by atoms with Crippen LogP contribution in [-0.2, 0) is 0 Å². The molecule has 2 N–H and O–H groups in total. The van der Waals surface area contributed by atoms with Crippen LogP contribution in [0.25, 0.3) is 11.3 Å². The molecule has 2 rings (SSSR count). The van der Waals surface area contributed by atoms with Crippen LogP contribution in [-0.4, -0.2) is 4.98 Å². The van der Waals surface area contributed by atoms with E-state index in [9.17, 15) is 0 Å². The summed E-state index contributed by atoms with van der Waals surface area (Å²) in [6.07, 6.45) is 0. The Morgan fingerprint density at radius 3 is 2.57 bits per heavy atom. The fraction of sp³-hybridized carbons (Fsp3) is 0. The summed E-state index contributed by atoms with van der Waals surface area (Å²) < 4.78 is 2.05. The summed E-state index contributed by atoms with van der Waals surface area (Å²) in [6.45, 7) is 0. The lowest BCUT2D eigenvalue weighted by Crippen LogP contribution is -1.83. The molecule has 1 aromatic heterocycles. The number of benzene rings is 1. The molecule has 0 saturated heterocycles. The van der Waals surface area contributed by atoms with Gasteiger partial charge in [-0.2, -0.15) is 0 Å². The summed E-state index contributed by atoms with van der Waals surface area (Å²) in [6, 6.07) is 6.00. The highest BCUT2D eigenvalue weighted by molar-refractivity contribution is 9.13. The van der Waals surface area contributed by atoms with E-state index < -0.39 is 0 Å². The predicted molar refractivity (Wildman–Crippen MR) is 67.4 cm³/mol. The second-order valence-electron chi connectivity index (χ2n) is 2.70. The molecule has 2 nitrogen and oxygen atoms in total. The lowest BCUT2D eigenvalue weighted by atomic mass is 10.2. The van der Waals surface area contributed by atoms with E-state index in [1.165, 1.54) is 11.3 Å². The van der Waals surface area contributed by atoms with Crippen molar-refractivity contribution in [3.63, 3.8) is 0 Å². The van der Waals surface area contributed by atoms with Gasteiger partial charge in [0.05, 0.1) is 5.69 Å². The molecule has 14 heavy (non-hydrogen) atoms. The van der Waals surface area contributed by atoms with Crippen molar-refractivity contribution in [2.75, 3.05) is 5.73 Å². The number of thiazole rings is 1. The van der Waals surface area contributed by atoms with Crippen molar-refractivity contribution in [3.8, 4) is 11.3 Å². The summed E-state index contributed by atoms with van der Waals surface area (Å²) in [5.74, 6) is 0. The van der Waals surface area contributed by atoms with Crippen LogP contribution in [0.3, 0.4) is 0 Å². The van der Waals surface area contributed by atoms with Crippen molar-refractivity contribution in [1.29, 1.82) is 0 Å². The second kappa shape index (κ2) is 4.00. The minimum atomic E-state index is 0.596. The SMILES string of the molecule is Nc1nc(-c2ccc(Br)c(Br)c2)cs1. The Hall–Kier alpha value is -0.390. The van der Waals surface area contributed by atoms with Crippen molar-refractivity contribution in [1.82, 2.24) is 4.98 Å². The fourth-order valence-corrected chi connectivity index (χ4v) is 2.27. The van der Waals surface area contributed by atoms with Gasteiger partial charge in [0.15, 0.2) is 5.13 Å². The minimum Gasteiger partial charge on any atom is -0.375 e. The van der Waals surface area contributed by atoms with Gasteiger partial charge in [-0.05, 0) is 44.0 Å². The minimum absolute atomic E-state index is 0.596. The molecule has 0 amide bonds. The summed E-state index contributed by atoms with van der Waals surface area (Å²) >= 11 is 8.31. The number of nitrogen functional groups attached to an aromatic ring is 1. The van der Waals surface area contributed by atoms with Crippen LogP contribution >= 0.6 is 43.2 Å². The summed E-state index contributed by atoms with van der Waals surface area (Å²) in [5, 5.41) is 2.55. The van der Waals surface area contributed by atoms with E-state index in [-0.39, 0.29) is 0 Å². The molecule has 0 aliphatic rings. The van der Waals surface area contributed by atoms with Gasteiger partial charge >= 0.3 is 0 Å². The van der Waals surface area contributed by atoms with Gasteiger partial charge in [-0.3, -0.25) is 0 Å².